The Kier molecular flexibility index (Phi) is 5.16. The van der Waals surface area contributed by atoms with E-state index in [4.69, 9.17) is 0 Å². The van der Waals surface area contributed by atoms with E-state index in [-0.39, 0.29) is 12.4 Å². The van der Waals surface area contributed by atoms with Crippen LogP contribution in [0.15, 0.2) is 41.4 Å². The molecule has 1 aromatic heterocycles. The van der Waals surface area contributed by atoms with E-state index in [9.17, 15) is 8.42 Å². The van der Waals surface area contributed by atoms with Crippen LogP contribution in [0.2, 0.25) is 0 Å². The molecule has 0 amide bonds. The molecule has 1 saturated heterocycles. The molecular weight excluding hydrogens is 310 g/mol. The van der Waals surface area contributed by atoms with Crippen LogP contribution in [-0.2, 0) is 10.0 Å². The Bertz CT molecular complexity index is 708. The summed E-state index contributed by atoms with van der Waals surface area (Å²) in [6.07, 6.45) is 2.51. The van der Waals surface area contributed by atoms with Gasteiger partial charge in [0.2, 0.25) is 10.0 Å². The van der Waals surface area contributed by atoms with E-state index in [1.54, 1.807) is 28.7 Å². The van der Waals surface area contributed by atoms with Crippen molar-refractivity contribution in [2.75, 3.05) is 26.2 Å². The Balaban J connectivity index is 0.00000161. The zero-order chi connectivity index (χ0) is 14.0. The number of hydrogen-bond acceptors (Lipinski definition) is 4. The average Bonchev–Trinajstić information content (AvgIpc) is 2.76. The van der Waals surface area contributed by atoms with Crippen LogP contribution in [0.25, 0.3) is 10.9 Å². The molecule has 7 heteroatoms. The minimum atomic E-state index is -3.46. The number of benzene rings is 1. The van der Waals surface area contributed by atoms with E-state index in [1.807, 2.05) is 12.1 Å². The van der Waals surface area contributed by atoms with E-state index in [2.05, 4.69) is 10.3 Å². The SMILES string of the molecule is Cl.O=S(=O)(c1cccc2ncccc12)N1CCCNCC1. The fourth-order valence-corrected chi connectivity index (χ4v) is 4.18. The van der Waals surface area contributed by atoms with Gasteiger partial charge in [0, 0.05) is 31.2 Å². The average molecular weight is 328 g/mol. The van der Waals surface area contributed by atoms with Crippen LogP contribution in [0.3, 0.4) is 0 Å². The third-order valence-corrected chi connectivity index (χ3v) is 5.48. The van der Waals surface area contributed by atoms with E-state index >= 15 is 0 Å². The van der Waals surface area contributed by atoms with Crippen molar-refractivity contribution in [3.05, 3.63) is 36.5 Å². The minimum absolute atomic E-state index is 0. The Hall–Kier alpha value is -1.21. The largest absolute Gasteiger partial charge is 0.315 e. The smallest absolute Gasteiger partial charge is 0.243 e. The molecule has 114 valence electrons. The maximum absolute atomic E-state index is 12.8. The molecule has 21 heavy (non-hydrogen) atoms. The molecule has 1 aliphatic rings. The van der Waals surface area contributed by atoms with E-state index in [0.717, 1.165) is 13.0 Å². The van der Waals surface area contributed by atoms with Gasteiger partial charge in [-0.15, -0.1) is 12.4 Å². The first kappa shape index (κ1) is 16.2. The number of rotatable bonds is 2. The molecule has 1 fully saturated rings. The summed E-state index contributed by atoms with van der Waals surface area (Å²) in [5, 5.41) is 3.91. The lowest BCUT2D eigenvalue weighted by molar-refractivity contribution is 0.432. The Morgan fingerprint density at radius 3 is 2.81 bits per heavy atom. The van der Waals surface area contributed by atoms with Crippen LogP contribution in [0.5, 0.6) is 0 Å². The summed E-state index contributed by atoms with van der Waals surface area (Å²) in [4.78, 5) is 4.58. The second kappa shape index (κ2) is 6.70. The van der Waals surface area contributed by atoms with Gasteiger partial charge in [-0.3, -0.25) is 4.98 Å². The summed E-state index contributed by atoms with van der Waals surface area (Å²) >= 11 is 0. The van der Waals surface area contributed by atoms with E-state index in [0.29, 0.717) is 35.4 Å². The lowest BCUT2D eigenvalue weighted by atomic mass is 10.2. The second-order valence-corrected chi connectivity index (χ2v) is 6.74. The Labute approximate surface area is 130 Å². The molecule has 0 spiro atoms. The van der Waals surface area contributed by atoms with Crippen molar-refractivity contribution >= 4 is 33.3 Å². The number of aromatic nitrogens is 1. The molecule has 5 nitrogen and oxygen atoms in total. The van der Waals surface area contributed by atoms with Gasteiger partial charge in [0.05, 0.1) is 10.4 Å². The second-order valence-electron chi connectivity index (χ2n) is 4.83. The van der Waals surface area contributed by atoms with Crippen molar-refractivity contribution < 1.29 is 8.42 Å². The first-order valence-electron chi connectivity index (χ1n) is 6.74. The predicted molar refractivity (Wildman–Crippen MR) is 85.2 cm³/mol. The van der Waals surface area contributed by atoms with Crippen molar-refractivity contribution in [2.24, 2.45) is 0 Å². The number of fused-ring (bicyclic) bond motifs is 1. The molecule has 1 aliphatic heterocycles. The molecule has 1 aromatic carbocycles. The maximum atomic E-state index is 12.8. The van der Waals surface area contributed by atoms with Crippen LogP contribution < -0.4 is 5.32 Å². The number of pyridine rings is 1. The molecule has 0 aliphatic carbocycles. The van der Waals surface area contributed by atoms with Gasteiger partial charge in [0.1, 0.15) is 0 Å². The molecule has 0 unspecified atom stereocenters. The Morgan fingerprint density at radius 2 is 1.95 bits per heavy atom. The van der Waals surface area contributed by atoms with Gasteiger partial charge >= 0.3 is 0 Å². The molecular formula is C14H18ClN3O2S. The van der Waals surface area contributed by atoms with E-state index < -0.39 is 10.0 Å². The number of sulfonamides is 1. The molecule has 0 bridgehead atoms. The molecule has 2 heterocycles. The van der Waals surface area contributed by atoms with Crippen LogP contribution in [-0.4, -0.2) is 43.9 Å². The lowest BCUT2D eigenvalue weighted by Crippen LogP contribution is -2.34. The molecule has 3 rings (SSSR count). The highest BCUT2D eigenvalue weighted by molar-refractivity contribution is 7.89. The third-order valence-electron chi connectivity index (χ3n) is 3.52. The highest BCUT2D eigenvalue weighted by Crippen LogP contribution is 2.24. The Morgan fingerprint density at radius 1 is 1.10 bits per heavy atom. The van der Waals surface area contributed by atoms with Gasteiger partial charge in [-0.25, -0.2) is 8.42 Å². The summed E-state index contributed by atoms with van der Waals surface area (Å²) in [5.74, 6) is 0. The molecule has 0 atom stereocenters. The summed E-state index contributed by atoms with van der Waals surface area (Å²) < 4.78 is 27.2. The standard InChI is InChI=1S/C14H17N3O2S.ClH/c18-20(19,17-10-3-7-15-9-11-17)14-6-1-5-13-12(14)4-2-8-16-13;/h1-2,4-6,8,15H,3,7,9-11H2;1H. The van der Waals surface area contributed by atoms with Gasteiger partial charge in [0.25, 0.3) is 0 Å². The van der Waals surface area contributed by atoms with Crippen molar-refractivity contribution in [1.82, 2.24) is 14.6 Å². The van der Waals surface area contributed by atoms with Crippen LogP contribution >= 0.6 is 12.4 Å². The summed E-state index contributed by atoms with van der Waals surface area (Å²) in [7, 11) is -3.46. The number of nitrogens with one attached hydrogen (secondary N) is 1. The molecule has 2 aromatic rings. The summed E-state index contributed by atoms with van der Waals surface area (Å²) in [6.45, 7) is 2.64. The monoisotopic (exact) mass is 327 g/mol. The highest BCUT2D eigenvalue weighted by atomic mass is 35.5. The van der Waals surface area contributed by atoms with Gasteiger partial charge < -0.3 is 5.32 Å². The quantitative estimate of drug-likeness (QED) is 0.911. The molecule has 0 radical (unpaired) electrons. The summed E-state index contributed by atoms with van der Waals surface area (Å²) in [6, 6.07) is 8.82. The topological polar surface area (TPSA) is 62.3 Å². The third kappa shape index (κ3) is 3.18. The van der Waals surface area contributed by atoms with Gasteiger partial charge in [-0.1, -0.05) is 6.07 Å². The van der Waals surface area contributed by atoms with Crippen LogP contribution in [0.4, 0.5) is 0 Å². The van der Waals surface area contributed by atoms with Crippen molar-refractivity contribution in [3.8, 4) is 0 Å². The van der Waals surface area contributed by atoms with Gasteiger partial charge in [-0.05, 0) is 37.2 Å². The normalized spacial score (nSPS) is 17.1. The van der Waals surface area contributed by atoms with Gasteiger partial charge in [0.15, 0.2) is 0 Å². The maximum Gasteiger partial charge on any atom is 0.243 e. The first-order chi connectivity index (χ1) is 9.69. The van der Waals surface area contributed by atoms with Crippen molar-refractivity contribution in [3.63, 3.8) is 0 Å². The highest BCUT2D eigenvalue weighted by Gasteiger charge is 2.26. The number of nitrogens with zero attached hydrogens (tertiary/aromatic N) is 2. The first-order valence-corrected chi connectivity index (χ1v) is 8.18. The molecule has 0 saturated carbocycles. The fourth-order valence-electron chi connectivity index (χ4n) is 2.50. The number of hydrogen-bond donors (Lipinski definition) is 1. The lowest BCUT2D eigenvalue weighted by Gasteiger charge is -2.20. The number of halogens is 1. The molecule has 1 N–H and O–H groups in total. The zero-order valence-corrected chi connectivity index (χ0v) is 13.2. The van der Waals surface area contributed by atoms with Crippen LogP contribution in [0.1, 0.15) is 6.42 Å². The van der Waals surface area contributed by atoms with Crippen molar-refractivity contribution in [2.45, 2.75) is 11.3 Å². The van der Waals surface area contributed by atoms with Gasteiger partial charge in [-0.2, -0.15) is 4.31 Å². The predicted octanol–water partition coefficient (Wildman–Crippen LogP) is 1.64. The zero-order valence-electron chi connectivity index (χ0n) is 11.5. The van der Waals surface area contributed by atoms with Crippen molar-refractivity contribution in [1.29, 1.82) is 0 Å². The fraction of sp³-hybridized carbons (Fsp3) is 0.357. The van der Waals surface area contributed by atoms with E-state index in [1.165, 1.54) is 0 Å². The van der Waals surface area contributed by atoms with Crippen LogP contribution in [0, 0.1) is 0 Å². The minimum Gasteiger partial charge on any atom is -0.315 e. The summed E-state index contributed by atoms with van der Waals surface area (Å²) in [5.41, 5.74) is 0.710.